The lowest BCUT2D eigenvalue weighted by molar-refractivity contribution is 0.211. The number of aliphatic hydroxyl groups excluding tert-OH is 1. The quantitative estimate of drug-likeness (QED) is 0.384. The van der Waals surface area contributed by atoms with Crippen molar-refractivity contribution in [3.8, 4) is 0 Å². The Kier molecular flexibility index (Phi) is 8.07. The van der Waals surface area contributed by atoms with Gasteiger partial charge in [-0.2, -0.15) is 0 Å². The van der Waals surface area contributed by atoms with Crippen LogP contribution in [0.15, 0.2) is 12.7 Å². The first-order valence-corrected chi connectivity index (χ1v) is 10.0. The first kappa shape index (κ1) is 17.9. The van der Waals surface area contributed by atoms with Gasteiger partial charge >= 0.3 is 0 Å². The van der Waals surface area contributed by atoms with Gasteiger partial charge in [-0.3, -0.25) is 0 Å². The van der Waals surface area contributed by atoms with E-state index >= 15 is 0 Å². The second-order valence-corrected chi connectivity index (χ2v) is 11.5. The van der Waals surface area contributed by atoms with E-state index in [4.69, 9.17) is 4.43 Å². The van der Waals surface area contributed by atoms with Crippen LogP contribution in [-0.2, 0) is 4.43 Å². The summed E-state index contributed by atoms with van der Waals surface area (Å²) >= 11 is 0. The van der Waals surface area contributed by atoms with Gasteiger partial charge in [0.2, 0.25) is 0 Å². The lowest BCUT2D eigenvalue weighted by Gasteiger charge is -2.36. The Balaban J connectivity index is 3.77. The van der Waals surface area contributed by atoms with E-state index in [9.17, 15) is 5.11 Å². The highest BCUT2D eigenvalue weighted by atomic mass is 28.4. The fourth-order valence-corrected chi connectivity index (χ4v) is 2.69. The van der Waals surface area contributed by atoms with Crippen molar-refractivity contribution in [3.05, 3.63) is 12.7 Å². The number of hydrogen-bond donors (Lipinski definition) is 1. The smallest absolute Gasteiger partial charge is 0.191 e. The Bertz CT molecular complexity index is 231. The number of allylic oxidation sites excluding steroid dienone is 1. The molecule has 0 radical (unpaired) electrons. The first-order chi connectivity index (χ1) is 8.24. The Morgan fingerprint density at radius 2 is 1.89 bits per heavy atom. The fourth-order valence-electron chi connectivity index (χ4n) is 1.60. The van der Waals surface area contributed by atoms with E-state index in [2.05, 4.69) is 40.4 Å². The molecule has 0 aromatic carbocycles. The molecule has 3 heteroatoms. The molecule has 2 nitrogen and oxygen atoms in total. The van der Waals surface area contributed by atoms with Gasteiger partial charge in [-0.15, -0.1) is 6.58 Å². The summed E-state index contributed by atoms with van der Waals surface area (Å²) in [5.74, 6) is 0.385. The number of rotatable bonds is 9. The molecule has 0 aliphatic carbocycles. The Hall–Kier alpha value is -0.123. The zero-order valence-corrected chi connectivity index (χ0v) is 14.0. The van der Waals surface area contributed by atoms with E-state index in [0.717, 1.165) is 32.3 Å². The van der Waals surface area contributed by atoms with Crippen LogP contribution in [0.5, 0.6) is 0 Å². The van der Waals surface area contributed by atoms with Crippen LogP contribution in [0, 0.1) is 5.92 Å². The highest BCUT2D eigenvalue weighted by molar-refractivity contribution is 6.74. The van der Waals surface area contributed by atoms with Crippen LogP contribution in [-0.4, -0.2) is 26.6 Å². The standard InChI is InChI=1S/C15H32O2Si/c1-7-10-14(13-16)11-8-9-12-17-18(5,6)15(2,3)4/h7,14,16H,1,8-13H2,2-6H3. The molecule has 0 bridgehead atoms. The van der Waals surface area contributed by atoms with E-state index in [1.807, 2.05) is 6.08 Å². The van der Waals surface area contributed by atoms with Gasteiger partial charge in [-0.25, -0.2) is 0 Å². The van der Waals surface area contributed by atoms with Crippen molar-refractivity contribution in [3.63, 3.8) is 0 Å². The third-order valence-corrected chi connectivity index (χ3v) is 8.57. The van der Waals surface area contributed by atoms with Crippen molar-refractivity contribution in [2.75, 3.05) is 13.2 Å². The maximum Gasteiger partial charge on any atom is 0.191 e. The summed E-state index contributed by atoms with van der Waals surface area (Å²) in [4.78, 5) is 0. The molecule has 0 saturated heterocycles. The van der Waals surface area contributed by atoms with E-state index in [-0.39, 0.29) is 6.61 Å². The van der Waals surface area contributed by atoms with Crippen molar-refractivity contribution in [1.29, 1.82) is 0 Å². The van der Waals surface area contributed by atoms with E-state index < -0.39 is 8.32 Å². The summed E-state index contributed by atoms with van der Waals surface area (Å²) in [6.07, 6.45) is 6.11. The van der Waals surface area contributed by atoms with Crippen molar-refractivity contribution in [2.24, 2.45) is 5.92 Å². The van der Waals surface area contributed by atoms with Gasteiger partial charge < -0.3 is 9.53 Å². The van der Waals surface area contributed by atoms with Crippen molar-refractivity contribution in [2.45, 2.75) is 64.6 Å². The zero-order chi connectivity index (χ0) is 14.2. The SMILES string of the molecule is C=CCC(CO)CCCCO[Si](C)(C)C(C)(C)C. The van der Waals surface area contributed by atoms with Gasteiger partial charge in [0.05, 0.1) is 0 Å². The van der Waals surface area contributed by atoms with Crippen LogP contribution in [0.3, 0.4) is 0 Å². The fraction of sp³-hybridized carbons (Fsp3) is 0.867. The average Bonchev–Trinajstić information content (AvgIpc) is 2.25. The lowest BCUT2D eigenvalue weighted by atomic mass is 10.00. The summed E-state index contributed by atoms with van der Waals surface area (Å²) < 4.78 is 6.13. The van der Waals surface area contributed by atoms with Crippen LogP contribution < -0.4 is 0 Å². The predicted molar refractivity (Wildman–Crippen MR) is 82.4 cm³/mol. The van der Waals surface area contributed by atoms with Crippen LogP contribution >= 0.6 is 0 Å². The third kappa shape index (κ3) is 6.71. The molecule has 0 amide bonds. The molecule has 0 fully saturated rings. The number of unbranched alkanes of at least 4 members (excludes halogenated alkanes) is 1. The molecule has 0 spiro atoms. The Morgan fingerprint density at radius 3 is 2.33 bits per heavy atom. The molecule has 1 atom stereocenters. The summed E-state index contributed by atoms with van der Waals surface area (Å²) in [7, 11) is -1.57. The van der Waals surface area contributed by atoms with Crippen LogP contribution in [0.25, 0.3) is 0 Å². The molecule has 0 aromatic rings. The second kappa shape index (κ2) is 8.13. The highest BCUT2D eigenvalue weighted by Crippen LogP contribution is 2.36. The molecule has 1 unspecified atom stereocenters. The normalized spacial score (nSPS) is 14.6. The molecular weight excluding hydrogens is 240 g/mol. The minimum atomic E-state index is -1.57. The summed E-state index contributed by atoms with van der Waals surface area (Å²) in [5, 5.41) is 9.47. The Labute approximate surface area is 115 Å². The average molecular weight is 273 g/mol. The second-order valence-electron chi connectivity index (χ2n) is 6.68. The monoisotopic (exact) mass is 272 g/mol. The Morgan fingerprint density at radius 1 is 1.28 bits per heavy atom. The molecule has 0 aliphatic rings. The van der Waals surface area contributed by atoms with Gasteiger partial charge in [0.15, 0.2) is 8.32 Å². The highest BCUT2D eigenvalue weighted by Gasteiger charge is 2.36. The largest absolute Gasteiger partial charge is 0.417 e. The first-order valence-electron chi connectivity index (χ1n) is 7.10. The molecule has 0 rings (SSSR count). The van der Waals surface area contributed by atoms with Gasteiger partial charge in [0.1, 0.15) is 0 Å². The van der Waals surface area contributed by atoms with Gasteiger partial charge in [0.25, 0.3) is 0 Å². The molecule has 0 aromatic heterocycles. The maximum absolute atomic E-state index is 9.18. The van der Waals surface area contributed by atoms with Gasteiger partial charge in [-0.05, 0) is 43.3 Å². The zero-order valence-electron chi connectivity index (χ0n) is 13.0. The van der Waals surface area contributed by atoms with Crippen LogP contribution in [0.4, 0.5) is 0 Å². The van der Waals surface area contributed by atoms with E-state index in [1.165, 1.54) is 0 Å². The van der Waals surface area contributed by atoms with Crippen molar-refractivity contribution >= 4 is 8.32 Å². The van der Waals surface area contributed by atoms with Crippen molar-refractivity contribution < 1.29 is 9.53 Å². The lowest BCUT2D eigenvalue weighted by Crippen LogP contribution is -2.40. The summed E-state index contributed by atoms with van der Waals surface area (Å²) in [6, 6.07) is 0. The minimum absolute atomic E-state index is 0.273. The van der Waals surface area contributed by atoms with Gasteiger partial charge in [0, 0.05) is 13.2 Å². The van der Waals surface area contributed by atoms with Gasteiger partial charge in [-0.1, -0.05) is 33.3 Å². The molecule has 1 N–H and O–H groups in total. The molecular formula is C15H32O2Si. The van der Waals surface area contributed by atoms with Crippen LogP contribution in [0.2, 0.25) is 18.1 Å². The molecule has 18 heavy (non-hydrogen) atoms. The number of aliphatic hydroxyl groups is 1. The topological polar surface area (TPSA) is 29.5 Å². The maximum atomic E-state index is 9.18. The summed E-state index contributed by atoms with van der Waals surface area (Å²) in [5.41, 5.74) is 0. The molecule has 0 heterocycles. The minimum Gasteiger partial charge on any atom is -0.417 e. The number of hydrogen-bond acceptors (Lipinski definition) is 2. The molecule has 108 valence electrons. The summed E-state index contributed by atoms with van der Waals surface area (Å²) in [6.45, 7) is 16.3. The van der Waals surface area contributed by atoms with Crippen LogP contribution in [0.1, 0.15) is 46.5 Å². The molecule has 0 aliphatic heterocycles. The molecule has 0 saturated carbocycles. The van der Waals surface area contributed by atoms with E-state index in [0.29, 0.717) is 11.0 Å². The van der Waals surface area contributed by atoms with Crippen molar-refractivity contribution in [1.82, 2.24) is 0 Å². The van der Waals surface area contributed by atoms with E-state index in [1.54, 1.807) is 0 Å². The predicted octanol–water partition coefficient (Wildman–Crippen LogP) is 4.36. The third-order valence-electron chi connectivity index (χ3n) is 4.03.